The molecule has 0 atom stereocenters. The van der Waals surface area contributed by atoms with Crippen molar-refractivity contribution in [1.29, 1.82) is 0 Å². The Morgan fingerprint density at radius 3 is 2.67 bits per heavy atom. The van der Waals surface area contributed by atoms with Gasteiger partial charge in [-0.15, -0.1) is 0 Å². The number of hydrogen-bond donors (Lipinski definition) is 1. The van der Waals surface area contributed by atoms with Gasteiger partial charge in [0.1, 0.15) is 17.3 Å². The van der Waals surface area contributed by atoms with Crippen LogP contribution in [-0.2, 0) is 6.61 Å². The largest absolute Gasteiger partial charge is 0.457 e. The van der Waals surface area contributed by atoms with E-state index >= 15 is 0 Å². The Morgan fingerprint density at radius 2 is 2.00 bits per heavy atom. The molecule has 18 heavy (non-hydrogen) atoms. The minimum Gasteiger partial charge on any atom is -0.457 e. The summed E-state index contributed by atoms with van der Waals surface area (Å²) < 4.78 is 19.8. The van der Waals surface area contributed by atoms with E-state index in [9.17, 15) is 9.50 Å². The number of halogens is 2. The van der Waals surface area contributed by atoms with E-state index in [4.69, 9.17) is 4.74 Å². The van der Waals surface area contributed by atoms with E-state index in [1.807, 2.05) is 6.07 Å². The molecule has 2 aromatic rings. The zero-order valence-corrected chi connectivity index (χ0v) is 11.4. The van der Waals surface area contributed by atoms with E-state index in [1.165, 1.54) is 6.07 Å². The number of rotatable bonds is 3. The molecule has 0 saturated heterocycles. The molecule has 0 unspecified atom stereocenters. The van der Waals surface area contributed by atoms with Crippen LogP contribution in [0.2, 0.25) is 0 Å². The second-order valence-electron chi connectivity index (χ2n) is 3.92. The SMILES string of the molecule is Cc1ccc(Oc2cc(Br)ccc2CO)cc1F. The van der Waals surface area contributed by atoms with Crippen LogP contribution in [0.15, 0.2) is 40.9 Å². The predicted octanol–water partition coefficient (Wildman–Crippen LogP) is 4.18. The molecule has 0 bridgehead atoms. The average molecular weight is 311 g/mol. The Morgan fingerprint density at radius 1 is 1.22 bits per heavy atom. The minimum atomic E-state index is -0.312. The molecular weight excluding hydrogens is 299 g/mol. The Hall–Kier alpha value is -1.39. The molecule has 0 saturated carbocycles. The lowest BCUT2D eigenvalue weighted by molar-refractivity contribution is 0.276. The van der Waals surface area contributed by atoms with Gasteiger partial charge in [-0.1, -0.05) is 28.1 Å². The first kappa shape index (κ1) is 13.1. The predicted molar refractivity (Wildman–Crippen MR) is 71.3 cm³/mol. The second kappa shape index (κ2) is 5.50. The van der Waals surface area contributed by atoms with Crippen molar-refractivity contribution in [1.82, 2.24) is 0 Å². The Labute approximate surface area is 113 Å². The van der Waals surface area contributed by atoms with Crippen LogP contribution in [-0.4, -0.2) is 5.11 Å². The minimum absolute atomic E-state index is 0.128. The highest BCUT2D eigenvalue weighted by Gasteiger charge is 2.07. The van der Waals surface area contributed by atoms with E-state index in [0.29, 0.717) is 22.6 Å². The van der Waals surface area contributed by atoms with Gasteiger partial charge in [-0.3, -0.25) is 0 Å². The van der Waals surface area contributed by atoms with Crippen molar-refractivity contribution >= 4 is 15.9 Å². The van der Waals surface area contributed by atoms with Gasteiger partial charge in [0.15, 0.2) is 0 Å². The summed E-state index contributed by atoms with van der Waals surface area (Å²) in [5.41, 5.74) is 1.22. The molecule has 0 fully saturated rings. The van der Waals surface area contributed by atoms with Gasteiger partial charge < -0.3 is 9.84 Å². The fourth-order valence-corrected chi connectivity index (χ4v) is 1.86. The van der Waals surface area contributed by atoms with Crippen LogP contribution in [0, 0.1) is 12.7 Å². The van der Waals surface area contributed by atoms with E-state index in [-0.39, 0.29) is 12.4 Å². The molecule has 0 amide bonds. The summed E-state index contributed by atoms with van der Waals surface area (Å²) in [4.78, 5) is 0. The monoisotopic (exact) mass is 310 g/mol. The maximum atomic E-state index is 13.4. The molecule has 0 aliphatic heterocycles. The highest BCUT2D eigenvalue weighted by Crippen LogP contribution is 2.29. The molecule has 0 aliphatic carbocycles. The van der Waals surface area contributed by atoms with Crippen molar-refractivity contribution in [2.45, 2.75) is 13.5 Å². The highest BCUT2D eigenvalue weighted by molar-refractivity contribution is 9.10. The smallest absolute Gasteiger partial charge is 0.134 e. The van der Waals surface area contributed by atoms with Crippen LogP contribution in [0.5, 0.6) is 11.5 Å². The summed E-state index contributed by atoms with van der Waals surface area (Å²) in [6.07, 6.45) is 0. The summed E-state index contributed by atoms with van der Waals surface area (Å²) in [5.74, 6) is 0.606. The van der Waals surface area contributed by atoms with Crippen LogP contribution in [0.1, 0.15) is 11.1 Å². The molecule has 0 spiro atoms. The van der Waals surface area contributed by atoms with Gasteiger partial charge in [-0.25, -0.2) is 4.39 Å². The number of aliphatic hydroxyl groups excluding tert-OH is 1. The Kier molecular flexibility index (Phi) is 3.99. The molecule has 2 rings (SSSR count). The molecule has 94 valence electrons. The van der Waals surface area contributed by atoms with Crippen LogP contribution < -0.4 is 4.74 Å². The van der Waals surface area contributed by atoms with Crippen molar-refractivity contribution in [3.05, 3.63) is 57.8 Å². The van der Waals surface area contributed by atoms with Gasteiger partial charge in [0.2, 0.25) is 0 Å². The van der Waals surface area contributed by atoms with E-state index in [1.54, 1.807) is 31.2 Å². The van der Waals surface area contributed by atoms with Gasteiger partial charge in [0.05, 0.1) is 6.61 Å². The molecule has 0 aliphatic rings. The third kappa shape index (κ3) is 2.89. The van der Waals surface area contributed by atoms with Gasteiger partial charge in [-0.2, -0.15) is 0 Å². The molecule has 0 heterocycles. The van der Waals surface area contributed by atoms with E-state index in [0.717, 1.165) is 4.47 Å². The zero-order chi connectivity index (χ0) is 13.1. The third-order valence-corrected chi connectivity index (χ3v) is 3.06. The number of aliphatic hydroxyl groups is 1. The van der Waals surface area contributed by atoms with Gasteiger partial charge in [0.25, 0.3) is 0 Å². The quantitative estimate of drug-likeness (QED) is 0.921. The highest BCUT2D eigenvalue weighted by atomic mass is 79.9. The van der Waals surface area contributed by atoms with Crippen molar-refractivity contribution < 1.29 is 14.2 Å². The number of benzene rings is 2. The standard InChI is InChI=1S/C14H12BrFO2/c1-9-2-5-12(7-13(9)16)18-14-6-11(15)4-3-10(14)8-17/h2-7,17H,8H2,1H3. The normalized spacial score (nSPS) is 10.4. The van der Waals surface area contributed by atoms with Gasteiger partial charge in [0, 0.05) is 16.1 Å². The lowest BCUT2D eigenvalue weighted by Crippen LogP contribution is -1.93. The molecule has 0 radical (unpaired) electrons. The summed E-state index contributed by atoms with van der Waals surface area (Å²) in [6.45, 7) is 1.56. The topological polar surface area (TPSA) is 29.5 Å². The number of aryl methyl sites for hydroxylation is 1. The maximum absolute atomic E-state index is 13.4. The molecule has 1 N–H and O–H groups in total. The summed E-state index contributed by atoms with van der Waals surface area (Å²) in [5, 5.41) is 9.22. The Bertz CT molecular complexity index is 570. The fourth-order valence-electron chi connectivity index (χ4n) is 1.52. The van der Waals surface area contributed by atoms with E-state index < -0.39 is 0 Å². The lowest BCUT2D eigenvalue weighted by atomic mass is 10.2. The summed E-state index contributed by atoms with van der Waals surface area (Å²) >= 11 is 3.33. The maximum Gasteiger partial charge on any atom is 0.134 e. The third-order valence-electron chi connectivity index (χ3n) is 2.57. The first-order chi connectivity index (χ1) is 8.60. The first-order valence-corrected chi connectivity index (χ1v) is 6.23. The average Bonchev–Trinajstić information content (AvgIpc) is 2.34. The first-order valence-electron chi connectivity index (χ1n) is 5.43. The van der Waals surface area contributed by atoms with Crippen molar-refractivity contribution in [3.63, 3.8) is 0 Å². The molecule has 2 aromatic carbocycles. The lowest BCUT2D eigenvalue weighted by Gasteiger charge is -2.10. The van der Waals surface area contributed by atoms with Gasteiger partial charge in [-0.05, 0) is 30.7 Å². The Balaban J connectivity index is 2.33. The molecule has 0 aromatic heterocycles. The van der Waals surface area contributed by atoms with Crippen LogP contribution in [0.3, 0.4) is 0 Å². The second-order valence-corrected chi connectivity index (χ2v) is 4.84. The fraction of sp³-hybridized carbons (Fsp3) is 0.143. The summed E-state index contributed by atoms with van der Waals surface area (Å²) in [6, 6.07) is 9.99. The summed E-state index contributed by atoms with van der Waals surface area (Å²) in [7, 11) is 0. The number of ether oxygens (including phenoxy) is 1. The van der Waals surface area contributed by atoms with Crippen LogP contribution in [0.25, 0.3) is 0 Å². The molecule has 4 heteroatoms. The molecule has 2 nitrogen and oxygen atoms in total. The molecular formula is C14H12BrFO2. The van der Waals surface area contributed by atoms with E-state index in [2.05, 4.69) is 15.9 Å². The van der Waals surface area contributed by atoms with Gasteiger partial charge >= 0.3 is 0 Å². The van der Waals surface area contributed by atoms with Crippen LogP contribution in [0.4, 0.5) is 4.39 Å². The number of hydrogen-bond acceptors (Lipinski definition) is 2. The van der Waals surface area contributed by atoms with Crippen molar-refractivity contribution in [2.24, 2.45) is 0 Å². The van der Waals surface area contributed by atoms with Crippen molar-refractivity contribution in [3.8, 4) is 11.5 Å². The van der Waals surface area contributed by atoms with Crippen molar-refractivity contribution in [2.75, 3.05) is 0 Å². The zero-order valence-electron chi connectivity index (χ0n) is 9.78. The van der Waals surface area contributed by atoms with Crippen LogP contribution >= 0.6 is 15.9 Å².